The van der Waals surface area contributed by atoms with Crippen molar-refractivity contribution in [3.05, 3.63) is 0 Å². The van der Waals surface area contributed by atoms with Gasteiger partial charge in [0.25, 0.3) is 0 Å². The van der Waals surface area contributed by atoms with Crippen molar-refractivity contribution in [2.75, 3.05) is 47.9 Å². The monoisotopic (exact) mass is 514 g/mol. The molecule has 0 radical (unpaired) electrons. The van der Waals surface area contributed by atoms with Crippen molar-refractivity contribution in [2.24, 2.45) is 0 Å². The summed E-state index contributed by atoms with van der Waals surface area (Å²) in [6.07, 6.45) is 21.0. The van der Waals surface area contributed by atoms with E-state index in [2.05, 4.69) is 37.7 Å². The van der Waals surface area contributed by atoms with Gasteiger partial charge < -0.3 is 24.0 Å². The molecule has 36 heavy (non-hydrogen) atoms. The summed E-state index contributed by atoms with van der Waals surface area (Å²) in [7, 11) is 8.22. The normalized spacial score (nSPS) is 13.4. The fraction of sp³-hybridized carbons (Fsp3) is 0.967. The minimum Gasteiger partial charge on any atom is -0.410 e. The van der Waals surface area contributed by atoms with Gasteiger partial charge in [-0.15, -0.1) is 0 Å². The van der Waals surface area contributed by atoms with Gasteiger partial charge in [0.15, 0.2) is 0 Å². The molecule has 0 rings (SSSR count). The number of hydrogen-bond acceptors (Lipinski definition) is 6. The van der Waals surface area contributed by atoms with Crippen LogP contribution in [0.4, 0.5) is 0 Å². The summed E-state index contributed by atoms with van der Waals surface area (Å²) in [6.45, 7) is 6.03. The highest BCUT2D eigenvalue weighted by atomic mass is 16.9. The van der Waals surface area contributed by atoms with Crippen LogP contribution in [0.1, 0.15) is 129 Å². The molecule has 2 atom stereocenters. The Balaban J connectivity index is 4.22. The number of carbonyl (C=O) groups excluding carboxylic acids is 1. The quantitative estimate of drug-likeness (QED) is 0.0646. The minimum atomic E-state index is -0.886. The Morgan fingerprint density at radius 3 is 1.72 bits per heavy atom. The third-order valence-electron chi connectivity index (χ3n) is 6.61. The molecule has 0 N–H and O–H groups in total. The zero-order chi connectivity index (χ0) is 26.9. The first-order valence-corrected chi connectivity index (χ1v) is 15.1. The van der Waals surface area contributed by atoms with Gasteiger partial charge in [0, 0.05) is 6.42 Å². The molecule has 0 saturated carbocycles. The van der Waals surface area contributed by atoms with Crippen molar-refractivity contribution in [3.8, 4) is 0 Å². The van der Waals surface area contributed by atoms with Crippen LogP contribution in [0, 0.1) is 0 Å². The van der Waals surface area contributed by atoms with Gasteiger partial charge in [-0.25, -0.2) is 0 Å². The maximum Gasteiger partial charge on any atom is 0.318 e. The van der Waals surface area contributed by atoms with Gasteiger partial charge in [-0.2, -0.15) is 0 Å². The molecule has 0 saturated heterocycles. The molecule has 0 aromatic heterocycles. The summed E-state index contributed by atoms with van der Waals surface area (Å²) >= 11 is 0. The highest BCUT2D eigenvalue weighted by Gasteiger charge is 2.20. The molecule has 0 aliphatic heterocycles. The first kappa shape index (κ1) is 35.3. The van der Waals surface area contributed by atoms with Crippen LogP contribution in [0.5, 0.6) is 0 Å². The van der Waals surface area contributed by atoms with Crippen LogP contribution >= 0.6 is 0 Å². The van der Waals surface area contributed by atoms with Gasteiger partial charge >= 0.3 is 12.4 Å². The predicted molar refractivity (Wildman–Crippen MR) is 152 cm³/mol. The molecule has 216 valence electrons. The van der Waals surface area contributed by atoms with E-state index in [9.17, 15) is 4.79 Å². The van der Waals surface area contributed by atoms with E-state index in [-0.39, 0.29) is 12.1 Å². The highest BCUT2D eigenvalue weighted by Crippen LogP contribution is 2.16. The molecule has 1 unspecified atom stereocenters. The second-order valence-electron chi connectivity index (χ2n) is 10.9. The number of hydrogen-bond donors (Lipinski definition) is 0. The van der Waals surface area contributed by atoms with Crippen LogP contribution < -0.4 is 0 Å². The Morgan fingerprint density at radius 1 is 0.667 bits per heavy atom. The summed E-state index contributed by atoms with van der Waals surface area (Å²) in [5.74, 6) is -0.237. The third kappa shape index (κ3) is 25.0. The number of nitrogens with zero attached hydrogens (tertiary/aromatic N) is 2. The number of rotatable bonds is 27. The Morgan fingerprint density at radius 2 is 1.19 bits per heavy atom. The van der Waals surface area contributed by atoms with Crippen molar-refractivity contribution in [1.82, 2.24) is 9.80 Å². The average Bonchev–Trinajstić information content (AvgIpc) is 2.83. The van der Waals surface area contributed by atoms with E-state index in [1.807, 2.05) is 14.1 Å². The van der Waals surface area contributed by atoms with E-state index in [1.54, 1.807) is 0 Å². The van der Waals surface area contributed by atoms with Crippen LogP contribution in [-0.2, 0) is 19.0 Å². The summed E-state index contributed by atoms with van der Waals surface area (Å²) in [6, 6.07) is 0. The van der Waals surface area contributed by atoms with Crippen LogP contribution in [0.25, 0.3) is 0 Å². The first-order valence-electron chi connectivity index (χ1n) is 15.1. The molecule has 6 nitrogen and oxygen atoms in total. The second kappa shape index (κ2) is 25.9. The van der Waals surface area contributed by atoms with Gasteiger partial charge in [0.2, 0.25) is 0 Å². The van der Waals surface area contributed by atoms with E-state index >= 15 is 0 Å². The lowest BCUT2D eigenvalue weighted by atomic mass is 10.1. The van der Waals surface area contributed by atoms with Crippen molar-refractivity contribution >= 4 is 5.97 Å². The summed E-state index contributed by atoms with van der Waals surface area (Å²) < 4.78 is 17.7. The Hall–Kier alpha value is -0.690. The van der Waals surface area contributed by atoms with E-state index < -0.39 is 6.48 Å². The summed E-state index contributed by atoms with van der Waals surface area (Å²) in [5.41, 5.74) is 0. The molecule has 0 fully saturated rings. The maximum atomic E-state index is 12.4. The number of unbranched alkanes of at least 4 members (excludes halogenated alkanes) is 12. The number of ether oxygens (including phenoxy) is 3. The maximum absolute atomic E-state index is 12.4. The van der Waals surface area contributed by atoms with Crippen LogP contribution in [0.2, 0.25) is 0 Å². The van der Waals surface area contributed by atoms with Crippen LogP contribution in [0.15, 0.2) is 0 Å². The smallest absolute Gasteiger partial charge is 0.318 e. The molecular weight excluding hydrogens is 452 g/mol. The molecular formula is C30H62N2O4. The molecule has 0 aromatic carbocycles. The van der Waals surface area contributed by atoms with Crippen molar-refractivity contribution in [1.29, 1.82) is 0 Å². The molecule has 0 aliphatic rings. The Bertz CT molecular complexity index is 474. The molecule has 0 amide bonds. The van der Waals surface area contributed by atoms with Crippen molar-refractivity contribution < 1.29 is 19.0 Å². The third-order valence-corrected chi connectivity index (χ3v) is 6.61. The fourth-order valence-corrected chi connectivity index (χ4v) is 4.26. The van der Waals surface area contributed by atoms with Crippen LogP contribution in [-0.4, -0.2) is 76.2 Å². The number of carbonyl (C=O) groups is 1. The lowest BCUT2D eigenvalue weighted by molar-refractivity contribution is -0.292. The van der Waals surface area contributed by atoms with Gasteiger partial charge in [-0.1, -0.05) is 84.5 Å². The highest BCUT2D eigenvalue weighted by molar-refractivity contribution is 5.69. The van der Waals surface area contributed by atoms with E-state index in [0.717, 1.165) is 58.0 Å². The molecule has 0 bridgehead atoms. The van der Waals surface area contributed by atoms with Crippen LogP contribution in [0.3, 0.4) is 0 Å². The molecule has 6 heteroatoms. The fourth-order valence-electron chi connectivity index (χ4n) is 4.26. The van der Waals surface area contributed by atoms with Gasteiger partial charge in [0.05, 0.1) is 12.7 Å². The predicted octanol–water partition coefficient (Wildman–Crippen LogP) is 7.40. The molecule has 0 aromatic rings. The topological polar surface area (TPSA) is 51.2 Å². The second-order valence-corrected chi connectivity index (χ2v) is 10.9. The Kier molecular flexibility index (Phi) is 25.4. The van der Waals surface area contributed by atoms with Gasteiger partial charge in [0.1, 0.15) is 0 Å². The van der Waals surface area contributed by atoms with E-state index in [4.69, 9.17) is 14.2 Å². The summed E-state index contributed by atoms with van der Waals surface area (Å²) in [5, 5.41) is 0. The van der Waals surface area contributed by atoms with Gasteiger partial charge in [-0.3, -0.25) is 4.79 Å². The Labute approximate surface area is 224 Å². The largest absolute Gasteiger partial charge is 0.410 e. The SMILES string of the molecule is CCCCCCCCCCCCCCO[C@H](OC(=O)CCCN(C)C)OC(CC)CCCCN(C)C. The summed E-state index contributed by atoms with van der Waals surface area (Å²) in [4.78, 5) is 16.6. The molecule has 0 aliphatic carbocycles. The van der Waals surface area contributed by atoms with Crippen molar-refractivity contribution in [3.63, 3.8) is 0 Å². The van der Waals surface area contributed by atoms with E-state index in [0.29, 0.717) is 13.0 Å². The van der Waals surface area contributed by atoms with E-state index in [1.165, 1.54) is 64.2 Å². The lowest BCUT2D eigenvalue weighted by Gasteiger charge is -2.24. The zero-order valence-electron chi connectivity index (χ0n) is 25.0. The molecule has 0 heterocycles. The van der Waals surface area contributed by atoms with Gasteiger partial charge in [-0.05, 0) is 79.8 Å². The molecule has 0 spiro atoms. The average molecular weight is 515 g/mol. The number of esters is 1. The first-order chi connectivity index (χ1) is 17.4. The lowest BCUT2D eigenvalue weighted by Crippen LogP contribution is -2.30. The standard InChI is InChI=1S/C30H62N2O4/c1-7-9-10-11-12-13-14-15-16-17-18-21-27-34-30(36-29(33)24-22-26-32(5)6)35-28(8-2)23-19-20-25-31(3)4/h28,30H,7-27H2,1-6H3/t28?,30-/m0/s1. The minimum absolute atomic E-state index is 0.0497. The zero-order valence-corrected chi connectivity index (χ0v) is 25.0. The van der Waals surface area contributed by atoms with Crippen molar-refractivity contribution in [2.45, 2.75) is 142 Å².